The minimum Gasteiger partial charge on any atom is -0.408 e. The zero-order valence-electron chi connectivity index (χ0n) is 9.85. The van der Waals surface area contributed by atoms with Crippen LogP contribution in [0, 0.1) is 5.82 Å². The van der Waals surface area contributed by atoms with Crippen molar-refractivity contribution in [2.45, 2.75) is 10.6 Å². The molecule has 1 heterocycles. The normalized spacial score (nSPS) is 11.0. The van der Waals surface area contributed by atoms with Crippen molar-refractivity contribution in [1.82, 2.24) is 4.98 Å². The Bertz CT molecular complexity index is 764. The van der Waals surface area contributed by atoms with E-state index in [1.165, 1.54) is 17.8 Å². The number of aromatic nitrogens is 1. The molecule has 3 rings (SSSR count). The van der Waals surface area contributed by atoms with Crippen LogP contribution in [0.1, 0.15) is 5.56 Å². The summed E-state index contributed by atoms with van der Waals surface area (Å²) in [5.41, 5.74) is 1.87. The standard InChI is InChI=1S/C14H10FNO2S/c15-10-6-11-12(18-14(17)16-11)7-13(10)19-8-9-4-2-1-3-5-9/h1-7H,8H2,(H,16,17). The van der Waals surface area contributed by atoms with E-state index >= 15 is 0 Å². The van der Waals surface area contributed by atoms with Crippen molar-refractivity contribution in [1.29, 1.82) is 0 Å². The molecule has 0 bridgehead atoms. The van der Waals surface area contributed by atoms with Gasteiger partial charge in [-0.15, -0.1) is 11.8 Å². The zero-order chi connectivity index (χ0) is 13.2. The van der Waals surface area contributed by atoms with E-state index in [4.69, 9.17) is 4.42 Å². The fourth-order valence-electron chi connectivity index (χ4n) is 1.80. The number of fused-ring (bicyclic) bond motifs is 1. The van der Waals surface area contributed by atoms with Gasteiger partial charge in [-0.1, -0.05) is 30.3 Å². The van der Waals surface area contributed by atoms with Gasteiger partial charge in [0.05, 0.1) is 5.52 Å². The van der Waals surface area contributed by atoms with Crippen molar-refractivity contribution in [2.24, 2.45) is 0 Å². The average Bonchev–Trinajstić information content (AvgIpc) is 2.76. The summed E-state index contributed by atoms with van der Waals surface area (Å²) in [5, 5.41) is 0. The highest BCUT2D eigenvalue weighted by atomic mass is 32.2. The summed E-state index contributed by atoms with van der Waals surface area (Å²) in [5.74, 6) is -0.261. The summed E-state index contributed by atoms with van der Waals surface area (Å²) in [6.45, 7) is 0. The third kappa shape index (κ3) is 2.56. The smallest absolute Gasteiger partial charge is 0.408 e. The molecule has 5 heteroatoms. The first-order chi connectivity index (χ1) is 9.22. The Kier molecular flexibility index (Phi) is 3.13. The molecule has 0 unspecified atom stereocenters. The molecule has 0 aliphatic heterocycles. The molecule has 0 fully saturated rings. The van der Waals surface area contributed by atoms with Gasteiger partial charge >= 0.3 is 5.76 Å². The van der Waals surface area contributed by atoms with Gasteiger partial charge in [-0.3, -0.25) is 4.98 Å². The molecule has 0 radical (unpaired) electrons. The molecule has 0 atom stereocenters. The number of benzene rings is 2. The van der Waals surface area contributed by atoms with Gasteiger partial charge in [-0.05, 0) is 11.6 Å². The van der Waals surface area contributed by atoms with Crippen LogP contribution < -0.4 is 5.76 Å². The van der Waals surface area contributed by atoms with E-state index in [1.807, 2.05) is 30.3 Å². The van der Waals surface area contributed by atoms with E-state index in [2.05, 4.69) is 4.98 Å². The van der Waals surface area contributed by atoms with Crippen molar-refractivity contribution < 1.29 is 8.81 Å². The maximum Gasteiger partial charge on any atom is 0.417 e. The van der Waals surface area contributed by atoms with E-state index in [9.17, 15) is 9.18 Å². The highest BCUT2D eigenvalue weighted by Crippen LogP contribution is 2.28. The molecule has 3 aromatic rings. The largest absolute Gasteiger partial charge is 0.417 e. The molecule has 3 nitrogen and oxygen atoms in total. The van der Waals surface area contributed by atoms with Gasteiger partial charge in [0.2, 0.25) is 0 Å². The molecular weight excluding hydrogens is 265 g/mol. The van der Waals surface area contributed by atoms with E-state index in [1.54, 1.807) is 6.07 Å². The van der Waals surface area contributed by atoms with Gasteiger partial charge < -0.3 is 4.42 Å². The lowest BCUT2D eigenvalue weighted by Crippen LogP contribution is -1.92. The van der Waals surface area contributed by atoms with Crippen molar-refractivity contribution in [3.63, 3.8) is 0 Å². The SMILES string of the molecule is O=c1[nH]c2cc(F)c(SCc3ccccc3)cc2o1. The lowest BCUT2D eigenvalue weighted by Gasteiger charge is -2.03. The minimum absolute atomic E-state index is 0.356. The third-order valence-electron chi connectivity index (χ3n) is 2.71. The molecule has 2 aromatic carbocycles. The molecule has 0 aliphatic rings. The Balaban J connectivity index is 1.88. The van der Waals surface area contributed by atoms with Crippen LogP contribution in [0.3, 0.4) is 0 Å². The monoisotopic (exact) mass is 275 g/mol. The van der Waals surface area contributed by atoms with Gasteiger partial charge in [-0.25, -0.2) is 9.18 Å². The lowest BCUT2D eigenvalue weighted by atomic mass is 10.2. The number of nitrogens with one attached hydrogen (secondary N) is 1. The van der Waals surface area contributed by atoms with Gasteiger partial charge in [0, 0.05) is 16.7 Å². The van der Waals surface area contributed by atoms with E-state index in [0.29, 0.717) is 21.7 Å². The first-order valence-corrected chi connectivity index (χ1v) is 6.70. The lowest BCUT2D eigenvalue weighted by molar-refractivity contribution is 0.552. The van der Waals surface area contributed by atoms with Gasteiger partial charge in [0.25, 0.3) is 0 Å². The van der Waals surface area contributed by atoms with Crippen molar-refractivity contribution in [3.05, 3.63) is 64.4 Å². The van der Waals surface area contributed by atoms with Gasteiger partial charge in [-0.2, -0.15) is 0 Å². The quantitative estimate of drug-likeness (QED) is 0.743. The zero-order valence-corrected chi connectivity index (χ0v) is 10.7. The Labute approximate surface area is 112 Å². The Hall–Kier alpha value is -2.01. The number of oxazole rings is 1. The van der Waals surface area contributed by atoms with Gasteiger partial charge in [0.15, 0.2) is 5.58 Å². The van der Waals surface area contributed by atoms with Crippen LogP contribution in [0.4, 0.5) is 4.39 Å². The van der Waals surface area contributed by atoms with E-state index < -0.39 is 5.76 Å². The third-order valence-corrected chi connectivity index (χ3v) is 3.81. The fraction of sp³-hybridized carbons (Fsp3) is 0.0714. The second-order valence-electron chi connectivity index (χ2n) is 4.07. The average molecular weight is 275 g/mol. The minimum atomic E-state index is -0.570. The van der Waals surface area contributed by atoms with Crippen molar-refractivity contribution in [3.8, 4) is 0 Å². The summed E-state index contributed by atoms with van der Waals surface area (Å²) < 4.78 is 18.8. The fourth-order valence-corrected chi connectivity index (χ4v) is 2.70. The predicted molar refractivity (Wildman–Crippen MR) is 72.8 cm³/mol. The Morgan fingerprint density at radius 2 is 2.00 bits per heavy atom. The maximum atomic E-state index is 13.8. The molecule has 19 heavy (non-hydrogen) atoms. The topological polar surface area (TPSA) is 46.0 Å². The Morgan fingerprint density at radius 3 is 2.79 bits per heavy atom. The molecule has 1 N–H and O–H groups in total. The number of aromatic amines is 1. The number of hydrogen-bond acceptors (Lipinski definition) is 3. The molecule has 96 valence electrons. The highest BCUT2D eigenvalue weighted by molar-refractivity contribution is 7.98. The second kappa shape index (κ2) is 4.93. The summed E-state index contributed by atoms with van der Waals surface area (Å²) in [6.07, 6.45) is 0. The molecule has 1 aromatic heterocycles. The van der Waals surface area contributed by atoms with Crippen LogP contribution in [-0.2, 0) is 5.75 Å². The second-order valence-corrected chi connectivity index (χ2v) is 5.08. The highest BCUT2D eigenvalue weighted by Gasteiger charge is 2.09. The van der Waals surface area contributed by atoms with E-state index in [-0.39, 0.29) is 5.82 Å². The Morgan fingerprint density at radius 1 is 1.21 bits per heavy atom. The number of halogens is 1. The molecule has 0 spiro atoms. The molecule has 0 aliphatic carbocycles. The molecular formula is C14H10FNO2S. The van der Waals surface area contributed by atoms with Gasteiger partial charge in [0.1, 0.15) is 5.82 Å². The van der Waals surface area contributed by atoms with Crippen LogP contribution in [0.2, 0.25) is 0 Å². The first kappa shape index (κ1) is 12.0. The summed E-state index contributed by atoms with van der Waals surface area (Å²) in [4.78, 5) is 13.9. The molecule has 0 amide bonds. The van der Waals surface area contributed by atoms with Crippen molar-refractivity contribution >= 4 is 22.9 Å². The van der Waals surface area contributed by atoms with Crippen LogP contribution >= 0.6 is 11.8 Å². The summed E-state index contributed by atoms with van der Waals surface area (Å²) in [7, 11) is 0. The van der Waals surface area contributed by atoms with Crippen LogP contribution in [0.15, 0.2) is 56.6 Å². The molecule has 0 saturated carbocycles. The summed E-state index contributed by atoms with van der Waals surface area (Å²) >= 11 is 1.37. The summed E-state index contributed by atoms with van der Waals surface area (Å²) in [6, 6.07) is 12.6. The van der Waals surface area contributed by atoms with E-state index in [0.717, 1.165) is 5.56 Å². The number of thioether (sulfide) groups is 1. The van der Waals surface area contributed by atoms with Crippen LogP contribution in [0.5, 0.6) is 0 Å². The van der Waals surface area contributed by atoms with Crippen LogP contribution in [0.25, 0.3) is 11.1 Å². The van der Waals surface area contributed by atoms with Crippen LogP contribution in [-0.4, -0.2) is 4.98 Å². The number of hydrogen-bond donors (Lipinski definition) is 1. The molecule has 0 saturated heterocycles. The predicted octanol–water partition coefficient (Wildman–Crippen LogP) is 3.55. The van der Waals surface area contributed by atoms with Crippen molar-refractivity contribution in [2.75, 3.05) is 0 Å². The number of H-pyrrole nitrogens is 1. The number of rotatable bonds is 3. The maximum absolute atomic E-state index is 13.8. The first-order valence-electron chi connectivity index (χ1n) is 5.71.